The zero-order valence-corrected chi connectivity index (χ0v) is 18.1. The maximum absolute atomic E-state index is 10.1. The van der Waals surface area contributed by atoms with Gasteiger partial charge in [-0.2, -0.15) is 0 Å². The smallest absolute Gasteiger partial charge is 0.166 e. The Morgan fingerprint density at radius 3 is 1.30 bits per heavy atom. The first-order valence-electron chi connectivity index (χ1n) is 9.79. The molecular weight excluding hydrogens is 404 g/mol. The van der Waals surface area contributed by atoms with Crippen LogP contribution in [-0.2, 0) is 4.79 Å². The summed E-state index contributed by atoms with van der Waals surface area (Å²) in [7, 11) is 0. The molecule has 0 atom stereocenters. The Morgan fingerprint density at radius 2 is 1.04 bits per heavy atom. The highest BCUT2D eigenvalue weighted by molar-refractivity contribution is 5.63. The molecule has 2 N–H and O–H groups in total. The van der Waals surface area contributed by atoms with E-state index in [2.05, 4.69) is 16.9 Å². The summed E-state index contributed by atoms with van der Waals surface area (Å²) in [6.07, 6.45) is 18.7. The van der Waals surface area contributed by atoms with Gasteiger partial charge in [-0.3, -0.25) is 0 Å². The monoisotopic (exact) mass is 438 g/mol. The Bertz CT molecular complexity index is 413. The number of carboxylic acids is 1. The number of unbranched alkanes of at least 4 members (excludes halogenated alkanes) is 8. The fourth-order valence-electron chi connectivity index (χ4n) is 2.26. The van der Waals surface area contributed by atoms with Gasteiger partial charge in [-0.1, -0.05) is 70.4 Å². The first kappa shape index (κ1) is 27.5. The number of aromatic amines is 2. The fraction of sp³-hybridized carbons (Fsp3) is 0.500. The fourth-order valence-corrected chi connectivity index (χ4v) is 2.26. The Hall–Kier alpha value is -1.75. The van der Waals surface area contributed by atoms with E-state index in [9.17, 15) is 9.90 Å². The maximum Gasteiger partial charge on any atom is 0.166 e. The lowest BCUT2D eigenvalue weighted by molar-refractivity contribution is -0.378. The average Bonchev–Trinajstić information content (AvgIpc) is 2.70. The highest BCUT2D eigenvalue weighted by atomic mass is 79.9. The number of carbonyl (C=O) groups excluding carboxylic acids is 1. The maximum atomic E-state index is 10.1. The summed E-state index contributed by atoms with van der Waals surface area (Å²) in [6, 6.07) is 11.7. The summed E-state index contributed by atoms with van der Waals surface area (Å²) in [5, 5.41) is 10.1. The highest BCUT2D eigenvalue weighted by Gasteiger charge is 1.92. The molecule has 0 saturated carbocycles. The zero-order chi connectivity index (χ0) is 19.1. The molecule has 0 aliphatic heterocycles. The molecule has 2 aromatic heterocycles. The van der Waals surface area contributed by atoms with Crippen LogP contribution in [0.3, 0.4) is 0 Å². The SMILES string of the molecule is CCCCCCCCCCCC(=O)[O-].[Br-].c1cc[nH+]cc1.c1cc[nH+]cc1. The van der Waals surface area contributed by atoms with Gasteiger partial charge in [-0.25, -0.2) is 9.97 Å². The lowest BCUT2D eigenvalue weighted by Gasteiger charge is -2.02. The first-order chi connectivity index (χ1) is 12.8. The molecule has 0 aliphatic rings. The number of halogens is 1. The van der Waals surface area contributed by atoms with Gasteiger partial charge in [0.1, 0.15) is 0 Å². The van der Waals surface area contributed by atoms with Gasteiger partial charge in [-0.15, -0.1) is 0 Å². The number of carbonyl (C=O) groups is 1. The van der Waals surface area contributed by atoms with Gasteiger partial charge in [0, 0.05) is 30.2 Å². The summed E-state index contributed by atoms with van der Waals surface area (Å²) >= 11 is 0. The van der Waals surface area contributed by atoms with E-state index in [-0.39, 0.29) is 23.4 Å². The lowest BCUT2D eigenvalue weighted by Crippen LogP contribution is -3.00. The average molecular weight is 439 g/mol. The Kier molecular flexibility index (Phi) is 24.7. The number of H-pyrrole nitrogens is 2. The minimum absolute atomic E-state index is 0. The number of aliphatic carboxylic acids is 1. The molecule has 152 valence electrons. The molecule has 0 spiro atoms. The first-order valence-corrected chi connectivity index (χ1v) is 9.79. The topological polar surface area (TPSA) is 68.4 Å². The number of hydrogen-bond acceptors (Lipinski definition) is 2. The molecule has 0 unspecified atom stereocenters. The van der Waals surface area contributed by atoms with E-state index in [4.69, 9.17) is 0 Å². The van der Waals surface area contributed by atoms with E-state index < -0.39 is 5.97 Å². The molecule has 0 fully saturated rings. The molecule has 2 aromatic rings. The number of carboxylic acid groups (broad SMARTS) is 1. The van der Waals surface area contributed by atoms with Crippen LogP contribution < -0.4 is 32.1 Å². The van der Waals surface area contributed by atoms with Gasteiger partial charge < -0.3 is 26.9 Å². The summed E-state index contributed by atoms with van der Waals surface area (Å²) in [4.78, 5) is 15.9. The van der Waals surface area contributed by atoms with Crippen LogP contribution in [0.4, 0.5) is 0 Å². The second kappa shape index (κ2) is 24.2. The van der Waals surface area contributed by atoms with Gasteiger partial charge >= 0.3 is 0 Å². The van der Waals surface area contributed by atoms with E-state index in [0.717, 1.165) is 12.8 Å². The molecule has 0 radical (unpaired) electrons. The Balaban J connectivity index is 0. The van der Waals surface area contributed by atoms with Gasteiger partial charge in [-0.05, 0) is 12.8 Å². The van der Waals surface area contributed by atoms with E-state index >= 15 is 0 Å². The van der Waals surface area contributed by atoms with E-state index in [1.807, 2.05) is 61.2 Å². The van der Waals surface area contributed by atoms with Crippen molar-refractivity contribution in [3.8, 4) is 0 Å². The van der Waals surface area contributed by atoms with Crippen molar-refractivity contribution in [2.75, 3.05) is 0 Å². The number of pyridine rings is 2. The van der Waals surface area contributed by atoms with Crippen molar-refractivity contribution in [3.05, 3.63) is 61.2 Å². The quantitative estimate of drug-likeness (QED) is 0.511. The van der Waals surface area contributed by atoms with Crippen LogP contribution in [-0.4, -0.2) is 5.97 Å². The second-order valence-electron chi connectivity index (χ2n) is 6.11. The van der Waals surface area contributed by atoms with Gasteiger partial charge in [0.15, 0.2) is 24.8 Å². The van der Waals surface area contributed by atoms with Crippen molar-refractivity contribution in [3.63, 3.8) is 0 Å². The van der Waals surface area contributed by atoms with Crippen LogP contribution in [0.15, 0.2) is 61.2 Å². The summed E-state index contributed by atoms with van der Waals surface area (Å²) < 4.78 is 0. The van der Waals surface area contributed by atoms with Crippen molar-refractivity contribution in [1.29, 1.82) is 0 Å². The van der Waals surface area contributed by atoms with Crippen molar-refractivity contribution in [2.24, 2.45) is 0 Å². The van der Waals surface area contributed by atoms with Gasteiger partial charge in [0.05, 0.1) is 0 Å². The van der Waals surface area contributed by atoms with Crippen LogP contribution in [0.5, 0.6) is 0 Å². The van der Waals surface area contributed by atoms with Crippen LogP contribution in [0.25, 0.3) is 0 Å². The van der Waals surface area contributed by atoms with Crippen molar-refractivity contribution >= 4 is 5.97 Å². The molecule has 0 aromatic carbocycles. The predicted octanol–water partition coefficient (Wildman–Crippen LogP) is 0.663. The molecule has 27 heavy (non-hydrogen) atoms. The third kappa shape index (κ3) is 26.6. The van der Waals surface area contributed by atoms with Gasteiger partial charge in [0.25, 0.3) is 0 Å². The minimum Gasteiger partial charge on any atom is -1.00 e. The molecule has 0 saturated heterocycles. The van der Waals surface area contributed by atoms with Gasteiger partial charge in [0.2, 0.25) is 0 Å². The number of hydrogen-bond donors (Lipinski definition) is 0. The predicted molar refractivity (Wildman–Crippen MR) is 103 cm³/mol. The molecule has 4 nitrogen and oxygen atoms in total. The third-order valence-electron chi connectivity index (χ3n) is 3.70. The molecular formula is C22H35BrN2O2. The van der Waals surface area contributed by atoms with Crippen molar-refractivity contribution in [1.82, 2.24) is 0 Å². The van der Waals surface area contributed by atoms with Crippen LogP contribution in [0.2, 0.25) is 0 Å². The van der Waals surface area contributed by atoms with Crippen LogP contribution in [0.1, 0.15) is 71.1 Å². The molecule has 2 rings (SSSR count). The number of nitrogens with one attached hydrogen (secondary N) is 2. The third-order valence-corrected chi connectivity index (χ3v) is 3.70. The van der Waals surface area contributed by atoms with Crippen molar-refractivity contribution < 1.29 is 36.9 Å². The number of rotatable bonds is 10. The summed E-state index contributed by atoms with van der Waals surface area (Å²) in [5.74, 6) is -0.909. The van der Waals surface area contributed by atoms with Crippen LogP contribution >= 0.6 is 0 Å². The lowest BCUT2D eigenvalue weighted by atomic mass is 10.1. The molecule has 0 bridgehead atoms. The van der Waals surface area contributed by atoms with Crippen molar-refractivity contribution in [2.45, 2.75) is 71.1 Å². The highest BCUT2D eigenvalue weighted by Crippen LogP contribution is 2.10. The second-order valence-corrected chi connectivity index (χ2v) is 6.11. The minimum atomic E-state index is -0.909. The molecule has 5 heteroatoms. The van der Waals surface area contributed by atoms with E-state index in [1.165, 1.54) is 44.9 Å². The zero-order valence-electron chi connectivity index (χ0n) is 16.5. The standard InChI is InChI=1S/C12H24O2.2C5H5N.BrH/c1-2-3-4-5-6-7-8-9-10-11-12(13)14;2*1-2-4-6-5-3-1;/h2-11H2,1H3,(H,13,14);2*1-5H;1H. The number of aromatic nitrogens is 2. The summed E-state index contributed by atoms with van der Waals surface area (Å²) in [6.45, 7) is 2.22. The molecule has 2 heterocycles. The summed E-state index contributed by atoms with van der Waals surface area (Å²) in [5.41, 5.74) is 0. The Morgan fingerprint density at radius 1 is 0.667 bits per heavy atom. The molecule has 0 aliphatic carbocycles. The normalized spacial score (nSPS) is 8.93. The molecule has 0 amide bonds. The Labute approximate surface area is 175 Å². The van der Waals surface area contributed by atoms with E-state index in [1.54, 1.807) is 0 Å². The van der Waals surface area contributed by atoms with Crippen LogP contribution in [0, 0.1) is 0 Å². The van der Waals surface area contributed by atoms with E-state index in [0.29, 0.717) is 0 Å². The largest absolute Gasteiger partial charge is 1.00 e.